The average Bonchev–Trinajstić information content (AvgIpc) is 3.73. The number of carboxylic acid groups (broad SMARTS) is 1. The van der Waals surface area contributed by atoms with Crippen LogP contribution in [0.1, 0.15) is 93.5 Å². The van der Waals surface area contributed by atoms with Crippen LogP contribution in [0.3, 0.4) is 0 Å². The Balaban J connectivity index is 1.10. The zero-order chi connectivity index (χ0) is 34.7. The number of aryl methyl sites for hydroxylation is 2. The first-order chi connectivity index (χ1) is 24.2. The second-order valence-electron chi connectivity index (χ2n) is 15.0. The summed E-state index contributed by atoms with van der Waals surface area (Å²) >= 11 is 6.29. The van der Waals surface area contributed by atoms with Crippen molar-refractivity contribution in [2.45, 2.75) is 101 Å². The van der Waals surface area contributed by atoms with Gasteiger partial charge < -0.3 is 19.9 Å². The maximum absolute atomic E-state index is 13.0. The molecule has 1 fully saturated rings. The SMILES string of the molecule is C[C@@H](COc1ccnc2c1[C@H](C)CCC2)C[C@H]1Cc2ccc(OCCCn3cccn3)cc2C12CCC(Nc1cccc(Cl)c1)(C(=O)O)CC2. The van der Waals surface area contributed by atoms with Gasteiger partial charge in [0.1, 0.15) is 17.0 Å². The number of aromatic nitrogens is 3. The Labute approximate surface area is 300 Å². The Morgan fingerprint density at radius 2 is 1.96 bits per heavy atom. The Bertz CT molecular complexity index is 1790. The standard InChI is InChI=1S/C41H49ClN4O4/c1-28(27-50-37-13-19-43-36-10-3-7-29(2)38(36)37)23-31-24-30-11-12-34(49-22-6-21-46-20-5-18-44-46)26-35(30)40(31)14-16-41(17-15-40,39(47)48)45-33-9-4-8-32(42)25-33/h4-5,8-9,11-13,18-20,25-26,28-29,31,45H,3,6-7,10,14-17,21-24,27H2,1-2H3,(H,47,48)/t28-,29-,31+,40?,41?/m1/s1. The van der Waals surface area contributed by atoms with E-state index in [2.05, 4.69) is 47.4 Å². The van der Waals surface area contributed by atoms with E-state index in [1.807, 2.05) is 53.5 Å². The van der Waals surface area contributed by atoms with Crippen molar-refractivity contribution in [3.63, 3.8) is 0 Å². The third-order valence-electron chi connectivity index (χ3n) is 11.6. The van der Waals surface area contributed by atoms with Crippen LogP contribution < -0.4 is 14.8 Å². The number of pyridine rings is 1. The molecular formula is C41H49ClN4O4. The van der Waals surface area contributed by atoms with Crippen molar-refractivity contribution in [1.82, 2.24) is 14.8 Å². The fraction of sp³-hybridized carbons (Fsp3) is 0.488. The predicted octanol–water partition coefficient (Wildman–Crippen LogP) is 8.87. The van der Waals surface area contributed by atoms with Crippen LogP contribution in [0.2, 0.25) is 5.02 Å². The molecule has 3 atom stereocenters. The summed E-state index contributed by atoms with van der Waals surface area (Å²) in [5, 5.41) is 18.9. The highest BCUT2D eigenvalue weighted by Crippen LogP contribution is 2.56. The molecule has 2 N–H and O–H groups in total. The van der Waals surface area contributed by atoms with Crippen LogP contribution in [0, 0.1) is 11.8 Å². The minimum Gasteiger partial charge on any atom is -0.494 e. The minimum atomic E-state index is -1.06. The van der Waals surface area contributed by atoms with E-state index in [1.54, 1.807) is 6.20 Å². The van der Waals surface area contributed by atoms with Gasteiger partial charge in [-0.05, 0) is 135 Å². The summed E-state index contributed by atoms with van der Waals surface area (Å²) in [4.78, 5) is 17.6. The Kier molecular flexibility index (Phi) is 10.1. The predicted molar refractivity (Wildman–Crippen MR) is 196 cm³/mol. The molecule has 9 heteroatoms. The zero-order valence-corrected chi connectivity index (χ0v) is 30.0. The minimum absolute atomic E-state index is 0.142. The van der Waals surface area contributed by atoms with Crippen LogP contribution in [-0.4, -0.2) is 44.6 Å². The molecule has 2 aromatic carbocycles. The first kappa shape index (κ1) is 34.4. The molecule has 0 amide bonds. The van der Waals surface area contributed by atoms with E-state index in [1.165, 1.54) is 35.2 Å². The monoisotopic (exact) mass is 696 g/mol. The molecule has 4 aromatic rings. The van der Waals surface area contributed by atoms with E-state index in [4.69, 9.17) is 21.1 Å². The fourth-order valence-electron chi connectivity index (χ4n) is 9.02. The third kappa shape index (κ3) is 7.09. The van der Waals surface area contributed by atoms with E-state index in [9.17, 15) is 9.90 Å². The molecule has 8 nitrogen and oxygen atoms in total. The molecule has 3 aliphatic rings. The molecule has 0 saturated heterocycles. The highest BCUT2D eigenvalue weighted by molar-refractivity contribution is 6.30. The number of halogens is 1. The number of aliphatic carboxylic acids is 1. The fourth-order valence-corrected chi connectivity index (χ4v) is 9.21. The lowest BCUT2D eigenvalue weighted by Crippen LogP contribution is -2.53. The molecular weight excluding hydrogens is 648 g/mol. The number of carboxylic acids is 1. The summed E-state index contributed by atoms with van der Waals surface area (Å²) in [7, 11) is 0. The van der Waals surface area contributed by atoms with Gasteiger partial charge in [-0.15, -0.1) is 0 Å². The maximum Gasteiger partial charge on any atom is 0.329 e. The Morgan fingerprint density at radius 1 is 1.10 bits per heavy atom. The van der Waals surface area contributed by atoms with E-state index < -0.39 is 11.5 Å². The smallest absolute Gasteiger partial charge is 0.329 e. The number of benzene rings is 2. The van der Waals surface area contributed by atoms with Crippen molar-refractivity contribution in [2.75, 3.05) is 18.5 Å². The molecule has 0 aliphatic heterocycles. The Morgan fingerprint density at radius 3 is 2.74 bits per heavy atom. The van der Waals surface area contributed by atoms with Crippen LogP contribution in [-0.2, 0) is 29.6 Å². The van der Waals surface area contributed by atoms with Crippen molar-refractivity contribution < 1.29 is 19.4 Å². The summed E-state index contributed by atoms with van der Waals surface area (Å²) in [5.74, 6) is 2.21. The molecule has 0 bridgehead atoms. The number of ether oxygens (including phenoxy) is 2. The number of nitrogens with one attached hydrogen (secondary N) is 1. The largest absolute Gasteiger partial charge is 0.494 e. The molecule has 2 aromatic heterocycles. The number of rotatable bonds is 13. The lowest BCUT2D eigenvalue weighted by Gasteiger charge is -2.47. The van der Waals surface area contributed by atoms with Gasteiger partial charge >= 0.3 is 5.97 Å². The molecule has 7 rings (SSSR count). The van der Waals surface area contributed by atoms with E-state index >= 15 is 0 Å². The number of anilines is 1. The third-order valence-corrected chi connectivity index (χ3v) is 11.9. The van der Waals surface area contributed by atoms with Crippen molar-refractivity contribution in [1.29, 1.82) is 0 Å². The van der Waals surface area contributed by atoms with Crippen molar-refractivity contribution in [3.05, 3.63) is 101 Å². The molecule has 3 aliphatic carbocycles. The molecule has 50 heavy (non-hydrogen) atoms. The number of fused-ring (bicyclic) bond motifs is 3. The van der Waals surface area contributed by atoms with Crippen LogP contribution in [0.15, 0.2) is 73.2 Å². The molecule has 1 saturated carbocycles. The summed E-state index contributed by atoms with van der Waals surface area (Å²) in [6.07, 6.45) is 14.5. The number of hydrogen-bond acceptors (Lipinski definition) is 6. The number of carbonyl (C=O) groups is 1. The highest BCUT2D eigenvalue weighted by Gasteiger charge is 2.54. The van der Waals surface area contributed by atoms with Gasteiger partial charge in [0.05, 0.1) is 13.2 Å². The van der Waals surface area contributed by atoms with Crippen LogP contribution in [0.25, 0.3) is 0 Å². The quantitative estimate of drug-likeness (QED) is 0.135. The zero-order valence-electron chi connectivity index (χ0n) is 29.2. The van der Waals surface area contributed by atoms with Gasteiger partial charge in [-0.3, -0.25) is 9.67 Å². The van der Waals surface area contributed by atoms with Crippen LogP contribution in [0.4, 0.5) is 5.69 Å². The number of nitrogens with zero attached hydrogens (tertiary/aromatic N) is 3. The summed E-state index contributed by atoms with van der Waals surface area (Å²) in [6, 6.07) is 17.9. The molecule has 0 radical (unpaired) electrons. The van der Waals surface area contributed by atoms with Gasteiger partial charge in [0.15, 0.2) is 0 Å². The lowest BCUT2D eigenvalue weighted by molar-refractivity contribution is -0.144. The second kappa shape index (κ2) is 14.7. The summed E-state index contributed by atoms with van der Waals surface area (Å²) < 4.78 is 14.8. The van der Waals surface area contributed by atoms with Gasteiger partial charge in [-0.1, -0.05) is 37.6 Å². The summed E-state index contributed by atoms with van der Waals surface area (Å²) in [6.45, 7) is 6.64. The highest BCUT2D eigenvalue weighted by atomic mass is 35.5. The summed E-state index contributed by atoms with van der Waals surface area (Å²) in [5.41, 5.74) is 4.70. The first-order valence-electron chi connectivity index (χ1n) is 18.4. The van der Waals surface area contributed by atoms with Gasteiger partial charge in [0, 0.05) is 53.5 Å². The van der Waals surface area contributed by atoms with Gasteiger partial charge in [0.2, 0.25) is 0 Å². The van der Waals surface area contributed by atoms with E-state index in [0.29, 0.717) is 48.8 Å². The Hall–Kier alpha value is -4.04. The lowest BCUT2D eigenvalue weighted by atomic mass is 9.59. The number of hydrogen-bond donors (Lipinski definition) is 2. The molecule has 2 heterocycles. The van der Waals surface area contributed by atoms with Gasteiger partial charge in [0.25, 0.3) is 0 Å². The van der Waals surface area contributed by atoms with Crippen LogP contribution >= 0.6 is 11.6 Å². The molecule has 0 unspecified atom stereocenters. The average molecular weight is 697 g/mol. The van der Waals surface area contributed by atoms with Gasteiger partial charge in [-0.25, -0.2) is 4.79 Å². The first-order valence-corrected chi connectivity index (χ1v) is 18.7. The van der Waals surface area contributed by atoms with Crippen molar-refractivity contribution >= 4 is 23.3 Å². The van der Waals surface area contributed by atoms with Crippen LogP contribution in [0.5, 0.6) is 11.5 Å². The van der Waals surface area contributed by atoms with E-state index in [0.717, 1.165) is 62.3 Å². The van der Waals surface area contributed by atoms with Crippen molar-refractivity contribution in [2.24, 2.45) is 11.8 Å². The molecule has 264 valence electrons. The van der Waals surface area contributed by atoms with Gasteiger partial charge in [-0.2, -0.15) is 5.10 Å². The van der Waals surface area contributed by atoms with Crippen molar-refractivity contribution in [3.8, 4) is 11.5 Å². The maximum atomic E-state index is 13.0. The topological polar surface area (TPSA) is 98.5 Å². The normalized spacial score (nSPS) is 24.7. The molecule has 1 spiro atoms. The van der Waals surface area contributed by atoms with E-state index in [-0.39, 0.29) is 5.41 Å². The second-order valence-corrected chi connectivity index (χ2v) is 15.4.